The third kappa shape index (κ3) is 5.66. The number of aromatic nitrogens is 2. The maximum Gasteiger partial charge on any atom is 0.226 e. The predicted molar refractivity (Wildman–Crippen MR) is 86.2 cm³/mol. The van der Waals surface area contributed by atoms with Gasteiger partial charge in [-0.25, -0.2) is 0 Å². The van der Waals surface area contributed by atoms with Crippen LogP contribution in [0.15, 0.2) is 28.8 Å². The summed E-state index contributed by atoms with van der Waals surface area (Å²) in [6, 6.07) is 7.40. The highest BCUT2D eigenvalue weighted by molar-refractivity contribution is 6.30. The number of hydrogen-bond donors (Lipinski definition) is 0. The molecule has 0 fully saturated rings. The maximum absolute atomic E-state index is 5.91. The van der Waals surface area contributed by atoms with Crippen LogP contribution in [0.4, 0.5) is 0 Å². The van der Waals surface area contributed by atoms with Crippen LogP contribution in [0.3, 0.4) is 0 Å². The SMILES string of the molecule is CCCCc1nc(CN(C)CCOc2cccc(Cl)c2)no1. The van der Waals surface area contributed by atoms with Crippen molar-refractivity contribution in [1.29, 1.82) is 0 Å². The second-order valence-corrected chi connectivity index (χ2v) is 5.69. The van der Waals surface area contributed by atoms with Gasteiger partial charge in [0.05, 0.1) is 6.54 Å². The third-order valence-electron chi connectivity index (χ3n) is 3.20. The summed E-state index contributed by atoms with van der Waals surface area (Å²) >= 11 is 5.91. The molecule has 0 saturated heterocycles. The van der Waals surface area contributed by atoms with Crippen molar-refractivity contribution in [3.8, 4) is 5.75 Å². The van der Waals surface area contributed by atoms with Gasteiger partial charge in [0, 0.05) is 18.0 Å². The molecule has 22 heavy (non-hydrogen) atoms. The van der Waals surface area contributed by atoms with Crippen LogP contribution in [0.1, 0.15) is 31.5 Å². The molecule has 0 radical (unpaired) electrons. The Morgan fingerprint density at radius 3 is 3.00 bits per heavy atom. The largest absolute Gasteiger partial charge is 0.492 e. The Labute approximate surface area is 136 Å². The summed E-state index contributed by atoms with van der Waals surface area (Å²) in [5.41, 5.74) is 0. The van der Waals surface area contributed by atoms with Crippen LogP contribution in [0.2, 0.25) is 5.02 Å². The normalized spacial score (nSPS) is 11.1. The average Bonchev–Trinajstić information content (AvgIpc) is 2.92. The zero-order chi connectivity index (χ0) is 15.8. The fraction of sp³-hybridized carbons (Fsp3) is 0.500. The number of halogens is 1. The first-order chi connectivity index (χ1) is 10.7. The second-order valence-electron chi connectivity index (χ2n) is 5.25. The maximum atomic E-state index is 5.91. The van der Waals surface area contributed by atoms with Crippen molar-refractivity contribution in [2.45, 2.75) is 32.7 Å². The highest BCUT2D eigenvalue weighted by Gasteiger charge is 2.08. The van der Waals surface area contributed by atoms with E-state index in [9.17, 15) is 0 Å². The van der Waals surface area contributed by atoms with Crippen LogP contribution in [-0.4, -0.2) is 35.2 Å². The van der Waals surface area contributed by atoms with Gasteiger partial charge in [-0.3, -0.25) is 4.90 Å². The molecule has 5 nitrogen and oxygen atoms in total. The van der Waals surface area contributed by atoms with Crippen molar-refractivity contribution in [3.63, 3.8) is 0 Å². The van der Waals surface area contributed by atoms with E-state index in [1.165, 1.54) is 0 Å². The van der Waals surface area contributed by atoms with E-state index in [0.29, 0.717) is 18.2 Å². The minimum absolute atomic E-state index is 0.581. The lowest BCUT2D eigenvalue weighted by Gasteiger charge is -2.14. The van der Waals surface area contributed by atoms with E-state index in [4.69, 9.17) is 20.9 Å². The molecule has 0 saturated carbocycles. The van der Waals surface area contributed by atoms with Crippen LogP contribution in [0.5, 0.6) is 5.75 Å². The number of unbranched alkanes of at least 4 members (excludes halogenated alkanes) is 1. The molecule has 1 aromatic carbocycles. The van der Waals surface area contributed by atoms with E-state index in [1.807, 2.05) is 25.2 Å². The van der Waals surface area contributed by atoms with Crippen molar-refractivity contribution in [1.82, 2.24) is 15.0 Å². The van der Waals surface area contributed by atoms with Gasteiger partial charge in [-0.15, -0.1) is 0 Å². The highest BCUT2D eigenvalue weighted by Crippen LogP contribution is 2.16. The molecule has 0 aliphatic heterocycles. The zero-order valence-electron chi connectivity index (χ0n) is 13.1. The molecule has 0 aliphatic rings. The minimum atomic E-state index is 0.581. The van der Waals surface area contributed by atoms with Gasteiger partial charge in [-0.2, -0.15) is 4.98 Å². The number of hydrogen-bond acceptors (Lipinski definition) is 5. The predicted octanol–water partition coefficient (Wildman–Crippen LogP) is 3.58. The van der Waals surface area contributed by atoms with Crippen molar-refractivity contribution in [2.24, 2.45) is 0 Å². The van der Waals surface area contributed by atoms with Crippen LogP contribution in [0.25, 0.3) is 0 Å². The van der Waals surface area contributed by atoms with Crippen LogP contribution >= 0.6 is 11.6 Å². The number of benzene rings is 1. The molecule has 6 heteroatoms. The summed E-state index contributed by atoms with van der Waals surface area (Å²) in [6.07, 6.45) is 3.05. The third-order valence-corrected chi connectivity index (χ3v) is 3.44. The number of nitrogens with zero attached hydrogens (tertiary/aromatic N) is 3. The second kappa shape index (κ2) is 8.76. The smallest absolute Gasteiger partial charge is 0.226 e. The van der Waals surface area contributed by atoms with Crippen LogP contribution < -0.4 is 4.74 Å². The van der Waals surface area contributed by atoms with Crippen LogP contribution in [0, 0.1) is 0 Å². The van der Waals surface area contributed by atoms with Crippen molar-refractivity contribution in [3.05, 3.63) is 41.0 Å². The molecule has 0 unspecified atom stereocenters. The quantitative estimate of drug-likeness (QED) is 0.706. The Kier molecular flexibility index (Phi) is 6.68. The summed E-state index contributed by atoms with van der Waals surface area (Å²) in [4.78, 5) is 6.48. The van der Waals surface area contributed by atoms with Crippen molar-refractivity contribution < 1.29 is 9.26 Å². The van der Waals surface area contributed by atoms with Gasteiger partial charge in [-0.05, 0) is 31.7 Å². The van der Waals surface area contributed by atoms with E-state index in [-0.39, 0.29) is 0 Å². The van der Waals surface area contributed by atoms with Gasteiger partial charge < -0.3 is 9.26 Å². The number of ether oxygens (including phenoxy) is 1. The van der Waals surface area contributed by atoms with Crippen molar-refractivity contribution in [2.75, 3.05) is 20.2 Å². The Morgan fingerprint density at radius 2 is 2.23 bits per heavy atom. The molecule has 2 rings (SSSR count). The Bertz CT molecular complexity index is 574. The topological polar surface area (TPSA) is 51.4 Å². The monoisotopic (exact) mass is 323 g/mol. The van der Waals surface area contributed by atoms with Gasteiger partial charge in [0.1, 0.15) is 12.4 Å². The molecule has 1 aromatic heterocycles. The molecule has 120 valence electrons. The molecular weight excluding hydrogens is 302 g/mol. The summed E-state index contributed by atoms with van der Waals surface area (Å²) < 4.78 is 10.9. The van der Waals surface area contributed by atoms with Gasteiger partial charge in [0.15, 0.2) is 5.82 Å². The minimum Gasteiger partial charge on any atom is -0.492 e. The van der Waals surface area contributed by atoms with E-state index in [2.05, 4.69) is 22.0 Å². The average molecular weight is 324 g/mol. The molecule has 0 bridgehead atoms. The molecule has 0 spiro atoms. The fourth-order valence-electron chi connectivity index (χ4n) is 1.98. The lowest BCUT2D eigenvalue weighted by Crippen LogP contribution is -2.24. The summed E-state index contributed by atoms with van der Waals surface area (Å²) in [5.74, 6) is 2.22. The van der Waals surface area contributed by atoms with E-state index in [0.717, 1.165) is 43.3 Å². The molecule has 0 aliphatic carbocycles. The zero-order valence-corrected chi connectivity index (χ0v) is 13.8. The van der Waals surface area contributed by atoms with E-state index in [1.54, 1.807) is 6.07 Å². The number of aryl methyl sites for hydroxylation is 1. The highest BCUT2D eigenvalue weighted by atomic mass is 35.5. The van der Waals surface area contributed by atoms with Gasteiger partial charge in [0.25, 0.3) is 0 Å². The first-order valence-electron chi connectivity index (χ1n) is 7.55. The Hall–Kier alpha value is -1.59. The van der Waals surface area contributed by atoms with Gasteiger partial charge >= 0.3 is 0 Å². The first kappa shape index (κ1) is 16.8. The number of rotatable bonds is 9. The molecule has 2 aromatic rings. The molecular formula is C16H22ClN3O2. The Balaban J connectivity index is 1.71. The van der Waals surface area contributed by atoms with E-state index >= 15 is 0 Å². The molecule has 0 atom stereocenters. The number of likely N-dealkylation sites (N-methyl/N-ethyl adjacent to an activating group) is 1. The van der Waals surface area contributed by atoms with Gasteiger partial charge in [0.2, 0.25) is 5.89 Å². The first-order valence-corrected chi connectivity index (χ1v) is 7.93. The summed E-state index contributed by atoms with van der Waals surface area (Å²) in [7, 11) is 2.00. The Morgan fingerprint density at radius 1 is 1.36 bits per heavy atom. The lowest BCUT2D eigenvalue weighted by atomic mass is 10.2. The molecule has 1 heterocycles. The van der Waals surface area contributed by atoms with E-state index < -0.39 is 0 Å². The molecule has 0 amide bonds. The fourth-order valence-corrected chi connectivity index (χ4v) is 2.16. The summed E-state index contributed by atoms with van der Waals surface area (Å²) in [6.45, 7) is 4.14. The van der Waals surface area contributed by atoms with Crippen molar-refractivity contribution >= 4 is 11.6 Å². The molecule has 0 N–H and O–H groups in total. The lowest BCUT2D eigenvalue weighted by molar-refractivity contribution is 0.227. The van der Waals surface area contributed by atoms with Crippen LogP contribution in [-0.2, 0) is 13.0 Å². The van der Waals surface area contributed by atoms with Gasteiger partial charge in [-0.1, -0.05) is 36.2 Å². The summed E-state index contributed by atoms with van der Waals surface area (Å²) in [5, 5.41) is 4.68. The standard InChI is InChI=1S/C16H22ClN3O2/c1-3-4-8-16-18-15(19-22-16)12-20(2)9-10-21-14-7-5-6-13(17)11-14/h5-7,11H,3-4,8-10,12H2,1-2H3.